The van der Waals surface area contributed by atoms with E-state index in [1.54, 1.807) is 11.9 Å². The van der Waals surface area contributed by atoms with Crippen molar-refractivity contribution in [3.63, 3.8) is 0 Å². The van der Waals surface area contributed by atoms with Crippen molar-refractivity contribution in [1.82, 2.24) is 14.5 Å². The Morgan fingerprint density at radius 1 is 1.03 bits per heavy atom. The first-order valence-corrected chi connectivity index (χ1v) is 11.8. The monoisotopic (exact) mass is 490 g/mol. The second-order valence-corrected chi connectivity index (χ2v) is 8.93. The van der Waals surface area contributed by atoms with Crippen LogP contribution in [0.4, 0.5) is 17.2 Å². The molecule has 0 saturated carbocycles. The number of likely N-dealkylation sites (N-methyl/N-ethyl adjacent to an activating group) is 1. The molecule has 0 spiro atoms. The van der Waals surface area contributed by atoms with Gasteiger partial charge in [0.25, 0.3) is 5.56 Å². The lowest BCUT2D eigenvalue weighted by atomic mass is 9.95. The number of H-pyrrole nitrogens is 1. The van der Waals surface area contributed by atoms with Crippen LogP contribution in [-0.2, 0) is 16.1 Å². The van der Waals surface area contributed by atoms with Crippen molar-refractivity contribution >= 4 is 29.0 Å². The van der Waals surface area contributed by atoms with E-state index in [1.807, 2.05) is 60.7 Å². The molecule has 10 heteroatoms. The Morgan fingerprint density at radius 2 is 1.64 bits per heavy atom. The van der Waals surface area contributed by atoms with Gasteiger partial charge in [0, 0.05) is 31.7 Å². The molecule has 0 unspecified atom stereocenters. The summed E-state index contributed by atoms with van der Waals surface area (Å²) in [6.45, 7) is 0.991. The highest BCUT2D eigenvalue weighted by Crippen LogP contribution is 2.21. The summed E-state index contributed by atoms with van der Waals surface area (Å²) in [4.78, 5) is 56.0. The summed E-state index contributed by atoms with van der Waals surface area (Å²) in [6.07, 6.45) is 1.11. The van der Waals surface area contributed by atoms with Crippen molar-refractivity contribution in [3.8, 4) is 0 Å². The summed E-state index contributed by atoms with van der Waals surface area (Å²) in [5, 5.41) is 2.92. The minimum absolute atomic E-state index is 0.000746. The van der Waals surface area contributed by atoms with Crippen LogP contribution in [0, 0.1) is 5.92 Å². The third-order valence-electron chi connectivity index (χ3n) is 6.41. The number of amides is 2. The Hall–Kier alpha value is -4.34. The van der Waals surface area contributed by atoms with Crippen molar-refractivity contribution in [3.05, 3.63) is 87.1 Å². The molecule has 10 nitrogen and oxygen atoms in total. The molecule has 1 aliphatic rings. The van der Waals surface area contributed by atoms with Crippen LogP contribution in [0.1, 0.15) is 18.4 Å². The number of nitrogens with zero attached hydrogens (tertiary/aromatic N) is 3. The number of aromatic nitrogens is 2. The summed E-state index contributed by atoms with van der Waals surface area (Å²) >= 11 is 0. The molecule has 0 aliphatic carbocycles. The van der Waals surface area contributed by atoms with Gasteiger partial charge in [-0.25, -0.2) is 4.79 Å². The van der Waals surface area contributed by atoms with Crippen molar-refractivity contribution in [2.45, 2.75) is 19.4 Å². The van der Waals surface area contributed by atoms with Crippen LogP contribution in [-0.4, -0.2) is 52.9 Å². The molecule has 1 fully saturated rings. The molecular weight excluding hydrogens is 460 g/mol. The summed E-state index contributed by atoms with van der Waals surface area (Å²) in [5.41, 5.74) is 6.64. The van der Waals surface area contributed by atoms with Gasteiger partial charge < -0.3 is 20.9 Å². The normalized spacial score (nSPS) is 13.9. The molecular formula is C26H30N6O4. The van der Waals surface area contributed by atoms with Gasteiger partial charge in [-0.3, -0.25) is 23.9 Å². The average Bonchev–Trinajstić information content (AvgIpc) is 2.87. The van der Waals surface area contributed by atoms with Crippen molar-refractivity contribution in [2.24, 2.45) is 5.92 Å². The summed E-state index contributed by atoms with van der Waals surface area (Å²) in [7, 11) is 1.59. The van der Waals surface area contributed by atoms with Gasteiger partial charge in [0.15, 0.2) is 0 Å². The van der Waals surface area contributed by atoms with Gasteiger partial charge in [-0.2, -0.15) is 0 Å². The summed E-state index contributed by atoms with van der Waals surface area (Å²) in [5.74, 6) is -0.407. The van der Waals surface area contributed by atoms with Crippen LogP contribution in [0.2, 0.25) is 0 Å². The van der Waals surface area contributed by atoms with E-state index in [4.69, 9.17) is 5.73 Å². The molecule has 2 heterocycles. The maximum absolute atomic E-state index is 13.0. The highest BCUT2D eigenvalue weighted by atomic mass is 16.2. The maximum Gasteiger partial charge on any atom is 0.330 e. The molecule has 0 bridgehead atoms. The number of nitrogen functional groups attached to an aromatic ring is 1. The highest BCUT2D eigenvalue weighted by molar-refractivity contribution is 5.92. The van der Waals surface area contributed by atoms with E-state index in [0.29, 0.717) is 25.9 Å². The van der Waals surface area contributed by atoms with Crippen LogP contribution in [0.15, 0.2) is 70.3 Å². The molecule has 3 aromatic rings. The lowest BCUT2D eigenvalue weighted by Gasteiger charge is -2.33. The van der Waals surface area contributed by atoms with Crippen LogP contribution in [0.25, 0.3) is 0 Å². The van der Waals surface area contributed by atoms with E-state index in [9.17, 15) is 19.2 Å². The van der Waals surface area contributed by atoms with Crippen LogP contribution < -0.4 is 27.2 Å². The number of hydrogen-bond acceptors (Lipinski definition) is 6. The number of piperidine rings is 1. The standard InChI is InChI=1S/C26H30N6O4/c1-30(22-23(27)32(26(36)29-25(22)35)16-18-8-4-2-5-9-18)17-21(33)31-14-12-19(13-15-31)24(34)28-20-10-6-3-7-11-20/h2-11,19H,12-17,27H2,1H3,(H,28,34)(H,29,35,36). The second kappa shape index (κ2) is 10.9. The Balaban J connectivity index is 1.39. The van der Waals surface area contributed by atoms with Gasteiger partial charge in [-0.15, -0.1) is 0 Å². The topological polar surface area (TPSA) is 134 Å². The zero-order valence-electron chi connectivity index (χ0n) is 20.1. The number of anilines is 3. The minimum Gasteiger partial charge on any atom is -0.383 e. The number of carbonyl (C=O) groups excluding carboxylic acids is 2. The van der Waals surface area contributed by atoms with Crippen LogP contribution in [0.5, 0.6) is 0 Å². The van der Waals surface area contributed by atoms with Crippen LogP contribution in [0.3, 0.4) is 0 Å². The number of likely N-dealkylation sites (tertiary alicyclic amines) is 1. The van der Waals surface area contributed by atoms with E-state index in [2.05, 4.69) is 10.3 Å². The van der Waals surface area contributed by atoms with Crippen molar-refractivity contribution in [2.75, 3.05) is 42.6 Å². The lowest BCUT2D eigenvalue weighted by molar-refractivity contribution is -0.133. The second-order valence-electron chi connectivity index (χ2n) is 8.93. The zero-order valence-corrected chi connectivity index (χ0v) is 20.1. The van der Waals surface area contributed by atoms with Crippen molar-refractivity contribution < 1.29 is 9.59 Å². The molecule has 4 rings (SSSR count). The molecule has 4 N–H and O–H groups in total. The highest BCUT2D eigenvalue weighted by Gasteiger charge is 2.28. The minimum atomic E-state index is -0.645. The molecule has 0 atom stereocenters. The number of para-hydroxylation sites is 1. The van der Waals surface area contributed by atoms with Gasteiger partial charge in [0.05, 0.1) is 13.1 Å². The Labute approximate surface area is 208 Å². The Kier molecular flexibility index (Phi) is 7.53. The molecule has 188 valence electrons. The SMILES string of the molecule is CN(CC(=O)N1CCC(C(=O)Nc2ccccc2)CC1)c1c(N)n(Cc2ccccc2)c(=O)[nH]c1=O. The molecule has 2 aromatic carbocycles. The predicted molar refractivity (Wildman–Crippen MR) is 139 cm³/mol. The first kappa shape index (κ1) is 24.8. The quantitative estimate of drug-likeness (QED) is 0.459. The molecule has 2 amide bonds. The van der Waals surface area contributed by atoms with Gasteiger partial charge in [0.2, 0.25) is 11.8 Å². The van der Waals surface area contributed by atoms with E-state index in [0.717, 1.165) is 11.3 Å². The molecule has 1 aromatic heterocycles. The number of nitrogens with two attached hydrogens (primary N) is 1. The number of carbonyl (C=O) groups is 2. The number of rotatable bonds is 7. The third-order valence-corrected chi connectivity index (χ3v) is 6.41. The predicted octanol–water partition coefficient (Wildman–Crippen LogP) is 1.48. The fourth-order valence-electron chi connectivity index (χ4n) is 4.41. The first-order chi connectivity index (χ1) is 17.3. The third kappa shape index (κ3) is 5.65. The summed E-state index contributed by atoms with van der Waals surface area (Å²) < 4.78 is 1.28. The van der Waals surface area contributed by atoms with Gasteiger partial charge in [0.1, 0.15) is 11.5 Å². The smallest absolute Gasteiger partial charge is 0.330 e. The Bertz CT molecular complexity index is 1330. The lowest BCUT2D eigenvalue weighted by Crippen LogP contribution is -2.46. The molecule has 1 saturated heterocycles. The van der Waals surface area contributed by atoms with E-state index >= 15 is 0 Å². The first-order valence-electron chi connectivity index (χ1n) is 11.8. The Morgan fingerprint density at radius 3 is 2.28 bits per heavy atom. The molecule has 1 aliphatic heterocycles. The van der Waals surface area contributed by atoms with Gasteiger partial charge >= 0.3 is 5.69 Å². The van der Waals surface area contributed by atoms with E-state index in [1.165, 1.54) is 9.47 Å². The van der Waals surface area contributed by atoms with Gasteiger partial charge in [-0.05, 0) is 30.5 Å². The number of hydrogen-bond donors (Lipinski definition) is 3. The molecule has 0 radical (unpaired) electrons. The fourth-order valence-corrected chi connectivity index (χ4v) is 4.41. The molecule has 36 heavy (non-hydrogen) atoms. The summed E-state index contributed by atoms with van der Waals surface area (Å²) in [6, 6.07) is 18.6. The average molecular weight is 491 g/mol. The van der Waals surface area contributed by atoms with Gasteiger partial charge in [-0.1, -0.05) is 48.5 Å². The fraction of sp³-hybridized carbons (Fsp3) is 0.308. The van der Waals surface area contributed by atoms with E-state index in [-0.39, 0.29) is 42.3 Å². The largest absolute Gasteiger partial charge is 0.383 e. The zero-order chi connectivity index (χ0) is 25.7. The number of benzene rings is 2. The number of aromatic amines is 1. The van der Waals surface area contributed by atoms with Crippen LogP contribution >= 0.6 is 0 Å². The number of nitrogens with one attached hydrogen (secondary N) is 2. The maximum atomic E-state index is 13.0. The van der Waals surface area contributed by atoms with E-state index < -0.39 is 11.2 Å². The van der Waals surface area contributed by atoms with Crippen molar-refractivity contribution in [1.29, 1.82) is 0 Å².